The molecule has 0 aliphatic rings. The third-order valence-corrected chi connectivity index (χ3v) is 2.03. The Morgan fingerprint density at radius 2 is 2.17 bits per heavy atom. The molecule has 0 saturated carbocycles. The lowest BCUT2D eigenvalue weighted by Gasteiger charge is -2.05. The van der Waals surface area contributed by atoms with Crippen molar-refractivity contribution in [1.29, 1.82) is 0 Å². The number of nitrogens with zero attached hydrogens (tertiary/aromatic N) is 1. The highest BCUT2D eigenvalue weighted by molar-refractivity contribution is 5.27. The zero-order chi connectivity index (χ0) is 9.14. The predicted octanol–water partition coefficient (Wildman–Crippen LogP) is 1.34. The summed E-state index contributed by atoms with van der Waals surface area (Å²) < 4.78 is 0. The smallest absolute Gasteiger partial charge is 0.0672 e. The van der Waals surface area contributed by atoms with Crippen LogP contribution < -0.4 is 5.73 Å². The minimum atomic E-state index is 0.533. The molecule has 12 heavy (non-hydrogen) atoms. The van der Waals surface area contributed by atoms with Gasteiger partial charge < -0.3 is 5.73 Å². The lowest BCUT2D eigenvalue weighted by molar-refractivity contribution is 0.819. The van der Waals surface area contributed by atoms with Gasteiger partial charge >= 0.3 is 0 Å². The highest BCUT2D eigenvalue weighted by Gasteiger charge is 2.11. The van der Waals surface area contributed by atoms with Crippen LogP contribution in [0.25, 0.3) is 0 Å². The summed E-state index contributed by atoms with van der Waals surface area (Å²) in [7, 11) is 0. The first kappa shape index (κ1) is 9.26. The van der Waals surface area contributed by atoms with Gasteiger partial charge in [0.1, 0.15) is 0 Å². The first-order valence-corrected chi connectivity index (χ1v) is 4.40. The van der Waals surface area contributed by atoms with Crippen molar-refractivity contribution in [3.8, 4) is 0 Å². The van der Waals surface area contributed by atoms with Crippen molar-refractivity contribution in [1.82, 2.24) is 10.2 Å². The summed E-state index contributed by atoms with van der Waals surface area (Å²) >= 11 is 0. The molecule has 0 unspecified atom stereocenters. The molecule has 0 saturated heterocycles. The van der Waals surface area contributed by atoms with Crippen LogP contribution >= 0.6 is 0 Å². The summed E-state index contributed by atoms with van der Waals surface area (Å²) in [5.74, 6) is 0.533. The molecule has 0 amide bonds. The lowest BCUT2D eigenvalue weighted by atomic mass is 10.00. The Morgan fingerprint density at radius 3 is 2.67 bits per heavy atom. The van der Waals surface area contributed by atoms with E-state index in [-0.39, 0.29) is 0 Å². The lowest BCUT2D eigenvalue weighted by Crippen LogP contribution is -2.05. The fraction of sp³-hybridized carbons (Fsp3) is 0.667. The second-order valence-corrected chi connectivity index (χ2v) is 3.40. The van der Waals surface area contributed by atoms with E-state index in [1.54, 1.807) is 0 Å². The van der Waals surface area contributed by atoms with E-state index in [4.69, 9.17) is 5.73 Å². The molecule has 1 aromatic heterocycles. The van der Waals surface area contributed by atoms with Crippen molar-refractivity contribution < 1.29 is 0 Å². The van der Waals surface area contributed by atoms with Gasteiger partial charge in [-0.2, -0.15) is 5.10 Å². The maximum atomic E-state index is 5.48. The van der Waals surface area contributed by atoms with E-state index < -0.39 is 0 Å². The number of rotatable bonds is 3. The van der Waals surface area contributed by atoms with Crippen LogP contribution in [0.1, 0.15) is 36.7 Å². The van der Waals surface area contributed by atoms with Gasteiger partial charge in [0.2, 0.25) is 0 Å². The first-order valence-electron chi connectivity index (χ1n) is 4.40. The van der Waals surface area contributed by atoms with Crippen LogP contribution in [-0.2, 0) is 6.42 Å². The molecular weight excluding hydrogens is 150 g/mol. The molecule has 0 bridgehead atoms. The minimum absolute atomic E-state index is 0.533. The van der Waals surface area contributed by atoms with Crippen molar-refractivity contribution in [3.63, 3.8) is 0 Å². The fourth-order valence-electron chi connectivity index (χ4n) is 1.58. The van der Waals surface area contributed by atoms with E-state index in [0.717, 1.165) is 12.1 Å². The summed E-state index contributed by atoms with van der Waals surface area (Å²) in [6, 6.07) is 0. The number of hydrogen-bond acceptors (Lipinski definition) is 2. The number of nitrogens with one attached hydrogen (secondary N) is 1. The van der Waals surface area contributed by atoms with Gasteiger partial charge in [-0.25, -0.2) is 0 Å². The molecule has 3 heteroatoms. The third-order valence-electron chi connectivity index (χ3n) is 2.03. The highest BCUT2D eigenvalue weighted by atomic mass is 15.1. The van der Waals surface area contributed by atoms with Gasteiger partial charge in [-0.1, -0.05) is 13.8 Å². The van der Waals surface area contributed by atoms with Gasteiger partial charge in [0.25, 0.3) is 0 Å². The van der Waals surface area contributed by atoms with Gasteiger partial charge in [0.05, 0.1) is 5.69 Å². The van der Waals surface area contributed by atoms with Crippen molar-refractivity contribution in [2.75, 3.05) is 6.54 Å². The summed E-state index contributed by atoms with van der Waals surface area (Å²) in [5.41, 5.74) is 9.12. The standard InChI is InChI=1S/C9H17N3/c1-6(2)9-7(3)11-12-8(9)4-5-10/h6H,4-5,10H2,1-3H3,(H,11,12). The molecule has 68 valence electrons. The third kappa shape index (κ3) is 1.67. The summed E-state index contributed by atoms with van der Waals surface area (Å²) in [4.78, 5) is 0. The van der Waals surface area contributed by atoms with Crippen LogP contribution in [0.5, 0.6) is 0 Å². The topological polar surface area (TPSA) is 54.7 Å². The van der Waals surface area contributed by atoms with E-state index in [1.165, 1.54) is 11.3 Å². The Hall–Kier alpha value is -0.830. The number of hydrogen-bond donors (Lipinski definition) is 2. The van der Waals surface area contributed by atoms with E-state index in [0.29, 0.717) is 12.5 Å². The largest absolute Gasteiger partial charge is 0.330 e. The molecule has 0 atom stereocenters. The molecule has 0 aliphatic carbocycles. The molecule has 3 N–H and O–H groups in total. The Labute approximate surface area is 73.4 Å². The quantitative estimate of drug-likeness (QED) is 0.713. The van der Waals surface area contributed by atoms with Crippen molar-refractivity contribution in [2.24, 2.45) is 5.73 Å². The SMILES string of the molecule is Cc1[nH]nc(CCN)c1C(C)C. The number of H-pyrrole nitrogens is 1. The number of nitrogens with two attached hydrogens (primary N) is 1. The van der Waals surface area contributed by atoms with Crippen molar-refractivity contribution in [2.45, 2.75) is 33.1 Å². The molecular formula is C9H17N3. The molecule has 0 spiro atoms. The van der Waals surface area contributed by atoms with Crippen molar-refractivity contribution >= 4 is 0 Å². The number of aromatic amines is 1. The van der Waals surface area contributed by atoms with Crippen LogP contribution in [-0.4, -0.2) is 16.7 Å². The Morgan fingerprint density at radius 1 is 1.50 bits per heavy atom. The van der Waals surface area contributed by atoms with Gasteiger partial charge in [-0.3, -0.25) is 5.10 Å². The summed E-state index contributed by atoms with van der Waals surface area (Å²) in [6.07, 6.45) is 0.873. The van der Waals surface area contributed by atoms with Crippen LogP contribution in [0.4, 0.5) is 0 Å². The highest BCUT2D eigenvalue weighted by Crippen LogP contribution is 2.20. The molecule has 1 heterocycles. The predicted molar refractivity (Wildman–Crippen MR) is 50.2 cm³/mol. The molecule has 1 rings (SSSR count). The molecule has 0 aliphatic heterocycles. The van der Waals surface area contributed by atoms with Gasteiger partial charge in [-0.05, 0) is 24.9 Å². The minimum Gasteiger partial charge on any atom is -0.330 e. The van der Waals surface area contributed by atoms with E-state index in [1.807, 2.05) is 0 Å². The fourth-order valence-corrected chi connectivity index (χ4v) is 1.58. The Balaban J connectivity index is 2.95. The molecule has 3 nitrogen and oxygen atoms in total. The zero-order valence-corrected chi connectivity index (χ0v) is 8.02. The molecule has 1 aromatic rings. The maximum absolute atomic E-state index is 5.48. The first-order chi connectivity index (χ1) is 5.66. The van der Waals surface area contributed by atoms with Gasteiger partial charge in [0, 0.05) is 12.1 Å². The molecule has 0 aromatic carbocycles. The molecule has 0 fully saturated rings. The summed E-state index contributed by atoms with van der Waals surface area (Å²) in [6.45, 7) is 7.09. The summed E-state index contributed by atoms with van der Waals surface area (Å²) in [5, 5.41) is 7.22. The second kappa shape index (κ2) is 3.72. The van der Waals surface area contributed by atoms with E-state index in [2.05, 4.69) is 31.0 Å². The number of aromatic nitrogens is 2. The zero-order valence-electron chi connectivity index (χ0n) is 8.02. The normalized spacial score (nSPS) is 11.1. The van der Waals surface area contributed by atoms with E-state index >= 15 is 0 Å². The average molecular weight is 167 g/mol. The Kier molecular flexibility index (Phi) is 2.87. The maximum Gasteiger partial charge on any atom is 0.0672 e. The van der Waals surface area contributed by atoms with Crippen molar-refractivity contribution in [3.05, 3.63) is 17.0 Å². The molecule has 0 radical (unpaired) electrons. The van der Waals surface area contributed by atoms with E-state index in [9.17, 15) is 0 Å². The van der Waals surface area contributed by atoms with Gasteiger partial charge in [-0.15, -0.1) is 0 Å². The second-order valence-electron chi connectivity index (χ2n) is 3.40. The van der Waals surface area contributed by atoms with Crippen LogP contribution in [0.15, 0.2) is 0 Å². The van der Waals surface area contributed by atoms with Gasteiger partial charge in [0.15, 0.2) is 0 Å². The number of aryl methyl sites for hydroxylation is 1. The van der Waals surface area contributed by atoms with Crippen LogP contribution in [0.3, 0.4) is 0 Å². The average Bonchev–Trinajstić information content (AvgIpc) is 2.32. The van der Waals surface area contributed by atoms with Crippen LogP contribution in [0.2, 0.25) is 0 Å². The Bertz CT molecular complexity index is 250. The monoisotopic (exact) mass is 167 g/mol. The van der Waals surface area contributed by atoms with Crippen LogP contribution in [0, 0.1) is 6.92 Å².